The third kappa shape index (κ3) is 5.75. The van der Waals surface area contributed by atoms with E-state index in [4.69, 9.17) is 4.74 Å². The van der Waals surface area contributed by atoms with E-state index < -0.39 is 0 Å². The van der Waals surface area contributed by atoms with Gasteiger partial charge in [0.05, 0.1) is 18.8 Å². The Bertz CT molecular complexity index is 382. The Morgan fingerprint density at radius 3 is 2.94 bits per heavy atom. The molecule has 1 aromatic heterocycles. The quantitative estimate of drug-likeness (QED) is 0.746. The van der Waals surface area contributed by atoms with Crippen LogP contribution in [0.25, 0.3) is 0 Å². The molecule has 5 nitrogen and oxygen atoms in total. The lowest BCUT2D eigenvalue weighted by molar-refractivity contribution is -0.121. The number of carbonyl (C=O) groups excluding carboxylic acids is 1. The lowest BCUT2D eigenvalue weighted by Gasteiger charge is -2.13. The van der Waals surface area contributed by atoms with Crippen LogP contribution in [0.5, 0.6) is 0 Å². The maximum atomic E-state index is 11.5. The van der Waals surface area contributed by atoms with Gasteiger partial charge in [-0.2, -0.15) is 0 Å². The monoisotopic (exact) mass is 251 g/mol. The summed E-state index contributed by atoms with van der Waals surface area (Å²) in [6, 6.07) is 5.87. The third-order valence-corrected chi connectivity index (χ3v) is 2.36. The highest BCUT2D eigenvalue weighted by molar-refractivity contribution is 5.78. The van der Waals surface area contributed by atoms with Crippen molar-refractivity contribution in [1.29, 1.82) is 0 Å². The summed E-state index contributed by atoms with van der Waals surface area (Å²) < 4.78 is 4.95. The Labute approximate surface area is 108 Å². The van der Waals surface area contributed by atoms with Crippen LogP contribution in [0.1, 0.15) is 18.3 Å². The largest absolute Gasteiger partial charge is 0.383 e. The van der Waals surface area contributed by atoms with E-state index in [0.29, 0.717) is 13.2 Å². The van der Waals surface area contributed by atoms with Crippen LogP contribution in [0.15, 0.2) is 18.2 Å². The average molecular weight is 251 g/mol. The first-order valence-corrected chi connectivity index (χ1v) is 6.03. The molecule has 2 N–H and O–H groups in total. The van der Waals surface area contributed by atoms with E-state index in [2.05, 4.69) is 15.6 Å². The van der Waals surface area contributed by atoms with Crippen molar-refractivity contribution in [1.82, 2.24) is 15.6 Å². The molecule has 1 aromatic rings. The number of methoxy groups -OCH3 is 1. The van der Waals surface area contributed by atoms with Gasteiger partial charge in [-0.15, -0.1) is 0 Å². The Kier molecular flexibility index (Phi) is 6.32. The molecule has 5 heteroatoms. The summed E-state index contributed by atoms with van der Waals surface area (Å²) >= 11 is 0. The Morgan fingerprint density at radius 2 is 2.28 bits per heavy atom. The molecule has 0 aromatic carbocycles. The van der Waals surface area contributed by atoms with E-state index in [1.54, 1.807) is 7.11 Å². The van der Waals surface area contributed by atoms with E-state index >= 15 is 0 Å². The van der Waals surface area contributed by atoms with Crippen molar-refractivity contribution in [3.63, 3.8) is 0 Å². The smallest absolute Gasteiger partial charge is 0.234 e. The highest BCUT2D eigenvalue weighted by atomic mass is 16.5. The van der Waals surface area contributed by atoms with Gasteiger partial charge in [-0.3, -0.25) is 9.78 Å². The lowest BCUT2D eigenvalue weighted by Crippen LogP contribution is -2.40. The highest BCUT2D eigenvalue weighted by Gasteiger charge is 2.06. The highest BCUT2D eigenvalue weighted by Crippen LogP contribution is 1.96. The Hall–Kier alpha value is -1.46. The summed E-state index contributed by atoms with van der Waals surface area (Å²) in [5.41, 5.74) is 1.92. The van der Waals surface area contributed by atoms with Crippen molar-refractivity contribution >= 4 is 5.91 Å². The molecule has 0 spiro atoms. The van der Waals surface area contributed by atoms with Crippen LogP contribution in [0.2, 0.25) is 0 Å². The van der Waals surface area contributed by atoms with Gasteiger partial charge < -0.3 is 15.4 Å². The van der Waals surface area contributed by atoms with Gasteiger partial charge in [0.1, 0.15) is 0 Å². The number of ether oxygens (including phenoxy) is 1. The average Bonchev–Trinajstić information content (AvgIpc) is 2.29. The van der Waals surface area contributed by atoms with Crippen LogP contribution >= 0.6 is 0 Å². The molecule has 1 rings (SSSR count). The number of pyridine rings is 1. The standard InChI is InChI=1S/C13H21N3O2/c1-10-5-4-6-12(15-10)7-14-8-13(17)16-11(2)9-18-3/h4-6,11,14H,7-9H2,1-3H3,(H,16,17). The second-order valence-corrected chi connectivity index (χ2v) is 4.30. The summed E-state index contributed by atoms with van der Waals surface area (Å²) in [5.74, 6) is -0.0350. The van der Waals surface area contributed by atoms with Gasteiger partial charge in [0.15, 0.2) is 0 Å². The number of aryl methyl sites for hydroxylation is 1. The van der Waals surface area contributed by atoms with Crippen LogP contribution in [0, 0.1) is 6.92 Å². The van der Waals surface area contributed by atoms with Gasteiger partial charge in [0.2, 0.25) is 5.91 Å². The van der Waals surface area contributed by atoms with Crippen molar-refractivity contribution < 1.29 is 9.53 Å². The van der Waals surface area contributed by atoms with Gasteiger partial charge in [-0.1, -0.05) is 6.07 Å². The SMILES string of the molecule is COCC(C)NC(=O)CNCc1cccc(C)n1. The Balaban J connectivity index is 2.23. The topological polar surface area (TPSA) is 63.2 Å². The summed E-state index contributed by atoms with van der Waals surface area (Å²) in [5, 5.41) is 5.89. The predicted octanol–water partition coefficient (Wildman–Crippen LogP) is 0.631. The first kappa shape index (κ1) is 14.6. The molecule has 0 saturated heterocycles. The molecule has 18 heavy (non-hydrogen) atoms. The van der Waals surface area contributed by atoms with E-state index in [9.17, 15) is 4.79 Å². The summed E-state index contributed by atoms with van der Waals surface area (Å²) in [7, 11) is 1.62. The molecule has 100 valence electrons. The zero-order chi connectivity index (χ0) is 13.4. The molecule has 0 saturated carbocycles. The van der Waals surface area contributed by atoms with Gasteiger partial charge in [0.25, 0.3) is 0 Å². The number of hydrogen-bond acceptors (Lipinski definition) is 4. The second kappa shape index (κ2) is 7.79. The van der Waals surface area contributed by atoms with Crippen molar-refractivity contribution in [2.45, 2.75) is 26.4 Å². The number of nitrogens with zero attached hydrogens (tertiary/aromatic N) is 1. The molecule has 1 amide bonds. The zero-order valence-electron chi connectivity index (χ0n) is 11.2. The number of amides is 1. The third-order valence-electron chi connectivity index (χ3n) is 2.36. The number of nitrogens with one attached hydrogen (secondary N) is 2. The molecule has 0 fully saturated rings. The van der Waals surface area contributed by atoms with E-state index in [-0.39, 0.29) is 18.5 Å². The Morgan fingerprint density at radius 1 is 1.50 bits per heavy atom. The van der Waals surface area contributed by atoms with Gasteiger partial charge in [-0.25, -0.2) is 0 Å². The van der Waals surface area contributed by atoms with Gasteiger partial charge in [0, 0.05) is 25.4 Å². The van der Waals surface area contributed by atoms with Crippen LogP contribution in [0.4, 0.5) is 0 Å². The van der Waals surface area contributed by atoms with Crippen molar-refractivity contribution in [2.24, 2.45) is 0 Å². The molecule has 0 aliphatic rings. The van der Waals surface area contributed by atoms with Crippen LogP contribution < -0.4 is 10.6 Å². The normalized spacial score (nSPS) is 12.2. The summed E-state index contributed by atoms with van der Waals surface area (Å²) in [6.45, 7) is 5.24. The maximum absolute atomic E-state index is 11.5. The lowest BCUT2D eigenvalue weighted by atomic mass is 10.3. The number of carbonyl (C=O) groups is 1. The molecule has 1 heterocycles. The fraction of sp³-hybridized carbons (Fsp3) is 0.538. The van der Waals surface area contributed by atoms with Crippen LogP contribution in [-0.2, 0) is 16.1 Å². The van der Waals surface area contributed by atoms with E-state index in [0.717, 1.165) is 11.4 Å². The minimum atomic E-state index is -0.0350. The second-order valence-electron chi connectivity index (χ2n) is 4.30. The maximum Gasteiger partial charge on any atom is 0.234 e. The molecule has 0 aliphatic carbocycles. The number of aromatic nitrogens is 1. The van der Waals surface area contributed by atoms with Crippen molar-refractivity contribution in [3.05, 3.63) is 29.6 Å². The molecular formula is C13H21N3O2. The molecule has 1 unspecified atom stereocenters. The minimum absolute atomic E-state index is 0.0291. The fourth-order valence-electron chi connectivity index (χ4n) is 1.62. The van der Waals surface area contributed by atoms with Crippen molar-refractivity contribution in [3.8, 4) is 0 Å². The van der Waals surface area contributed by atoms with Gasteiger partial charge >= 0.3 is 0 Å². The first-order valence-electron chi connectivity index (χ1n) is 6.03. The number of rotatable bonds is 7. The fourth-order valence-corrected chi connectivity index (χ4v) is 1.62. The summed E-state index contributed by atoms with van der Waals surface area (Å²) in [4.78, 5) is 15.9. The molecular weight excluding hydrogens is 230 g/mol. The molecule has 1 atom stereocenters. The zero-order valence-corrected chi connectivity index (χ0v) is 11.2. The molecule has 0 aliphatic heterocycles. The van der Waals surface area contributed by atoms with E-state index in [1.807, 2.05) is 32.0 Å². The predicted molar refractivity (Wildman–Crippen MR) is 70.2 cm³/mol. The molecule has 0 radical (unpaired) electrons. The van der Waals surface area contributed by atoms with E-state index in [1.165, 1.54) is 0 Å². The summed E-state index contributed by atoms with van der Waals surface area (Å²) in [6.07, 6.45) is 0. The van der Waals surface area contributed by atoms with Crippen LogP contribution in [-0.4, -0.2) is 37.2 Å². The first-order chi connectivity index (χ1) is 8.61. The van der Waals surface area contributed by atoms with Crippen molar-refractivity contribution in [2.75, 3.05) is 20.3 Å². The minimum Gasteiger partial charge on any atom is -0.383 e. The molecule has 0 bridgehead atoms. The van der Waals surface area contributed by atoms with Gasteiger partial charge in [-0.05, 0) is 26.0 Å². The number of hydrogen-bond donors (Lipinski definition) is 2. The van der Waals surface area contributed by atoms with Crippen LogP contribution in [0.3, 0.4) is 0 Å².